The third-order valence-corrected chi connectivity index (χ3v) is 3.38. The van der Waals surface area contributed by atoms with Crippen LogP contribution in [0.2, 0.25) is 0 Å². The molecule has 0 bridgehead atoms. The maximum atomic E-state index is 12.0. The molecule has 0 amide bonds. The minimum Gasteiger partial charge on any atom is -0.458 e. The maximum absolute atomic E-state index is 12.0. The molecule has 3 atom stereocenters. The number of aromatic amines is 1. The number of carbonyl (C=O) groups is 2. The largest absolute Gasteiger partial charge is 0.508 e. The van der Waals surface area contributed by atoms with Crippen LogP contribution in [0.3, 0.4) is 0 Å². The third kappa shape index (κ3) is 4.24. The van der Waals surface area contributed by atoms with Gasteiger partial charge in [0.15, 0.2) is 6.23 Å². The SMILES string of the molecule is COC(=O)OC[C@@H]1C[C@@H](OC(C)=O)[C@H](n2cc(C#N)c(=O)[nH]c2=O)O1. The molecule has 134 valence electrons. The fraction of sp³-hybridized carbons (Fsp3) is 0.500. The molecule has 0 aromatic carbocycles. The van der Waals surface area contributed by atoms with Crippen LogP contribution in [0.15, 0.2) is 15.8 Å². The van der Waals surface area contributed by atoms with E-state index in [4.69, 9.17) is 19.5 Å². The topological polar surface area (TPSA) is 150 Å². The zero-order chi connectivity index (χ0) is 18.6. The first-order valence-electron chi connectivity index (χ1n) is 7.14. The average molecular weight is 353 g/mol. The summed E-state index contributed by atoms with van der Waals surface area (Å²) in [5.74, 6) is -0.605. The predicted molar refractivity (Wildman–Crippen MR) is 78.5 cm³/mol. The minimum absolute atomic E-state index is 0.134. The highest BCUT2D eigenvalue weighted by molar-refractivity contribution is 5.66. The normalized spacial score (nSPS) is 22.0. The molecule has 1 aliphatic heterocycles. The Morgan fingerprint density at radius 2 is 2.20 bits per heavy atom. The molecule has 0 saturated carbocycles. The Labute approximate surface area is 140 Å². The molecular weight excluding hydrogens is 338 g/mol. The molecule has 11 heteroatoms. The van der Waals surface area contributed by atoms with E-state index in [1.807, 2.05) is 4.98 Å². The van der Waals surface area contributed by atoms with Crippen molar-refractivity contribution in [3.8, 4) is 6.07 Å². The molecule has 1 aromatic heterocycles. The van der Waals surface area contributed by atoms with Gasteiger partial charge in [0, 0.05) is 19.5 Å². The first kappa shape index (κ1) is 18.2. The van der Waals surface area contributed by atoms with Gasteiger partial charge in [0.05, 0.1) is 13.2 Å². The molecule has 1 aliphatic rings. The van der Waals surface area contributed by atoms with Crippen molar-refractivity contribution in [2.45, 2.75) is 31.8 Å². The van der Waals surface area contributed by atoms with Gasteiger partial charge in [-0.3, -0.25) is 19.1 Å². The number of nitriles is 1. The van der Waals surface area contributed by atoms with E-state index in [0.717, 1.165) is 17.9 Å². The monoisotopic (exact) mass is 353 g/mol. The number of nitrogens with zero attached hydrogens (tertiary/aromatic N) is 2. The van der Waals surface area contributed by atoms with E-state index in [-0.39, 0.29) is 18.6 Å². The van der Waals surface area contributed by atoms with Crippen LogP contribution < -0.4 is 11.2 Å². The molecule has 0 unspecified atom stereocenters. The lowest BCUT2D eigenvalue weighted by Gasteiger charge is -2.20. The van der Waals surface area contributed by atoms with Crippen LogP contribution in [0.5, 0.6) is 0 Å². The molecule has 1 fully saturated rings. The van der Waals surface area contributed by atoms with Crippen LogP contribution in [-0.2, 0) is 23.7 Å². The summed E-state index contributed by atoms with van der Waals surface area (Å²) >= 11 is 0. The number of carbonyl (C=O) groups excluding carboxylic acids is 2. The molecule has 1 N–H and O–H groups in total. The summed E-state index contributed by atoms with van der Waals surface area (Å²) in [7, 11) is 1.14. The predicted octanol–water partition coefficient (Wildman–Crippen LogP) is -0.590. The highest BCUT2D eigenvalue weighted by atomic mass is 16.7. The number of H-pyrrole nitrogens is 1. The summed E-state index contributed by atoms with van der Waals surface area (Å²) in [6, 6.07) is 1.65. The van der Waals surface area contributed by atoms with Gasteiger partial charge in [-0.25, -0.2) is 9.59 Å². The number of hydrogen-bond donors (Lipinski definition) is 1. The van der Waals surface area contributed by atoms with Crippen molar-refractivity contribution in [3.63, 3.8) is 0 Å². The van der Waals surface area contributed by atoms with E-state index >= 15 is 0 Å². The molecule has 0 radical (unpaired) electrons. The fourth-order valence-corrected chi connectivity index (χ4v) is 2.36. The van der Waals surface area contributed by atoms with Gasteiger partial charge in [0.2, 0.25) is 0 Å². The Morgan fingerprint density at radius 3 is 2.80 bits per heavy atom. The summed E-state index contributed by atoms with van der Waals surface area (Å²) in [5, 5.41) is 8.93. The summed E-state index contributed by atoms with van der Waals surface area (Å²) in [6.07, 6.45) is -2.41. The highest BCUT2D eigenvalue weighted by Gasteiger charge is 2.40. The molecular formula is C14H15N3O8. The lowest BCUT2D eigenvalue weighted by molar-refractivity contribution is -0.152. The van der Waals surface area contributed by atoms with Crippen LogP contribution in [0.1, 0.15) is 25.1 Å². The lowest BCUT2D eigenvalue weighted by atomic mass is 10.2. The molecule has 0 spiro atoms. The highest BCUT2D eigenvalue weighted by Crippen LogP contribution is 2.30. The second kappa shape index (κ2) is 7.63. The van der Waals surface area contributed by atoms with Crippen molar-refractivity contribution in [3.05, 3.63) is 32.6 Å². The molecule has 2 heterocycles. The van der Waals surface area contributed by atoms with Gasteiger partial charge in [0.25, 0.3) is 5.56 Å². The van der Waals surface area contributed by atoms with Gasteiger partial charge in [-0.05, 0) is 0 Å². The Bertz CT molecular complexity index is 821. The molecule has 1 aromatic rings. The standard InChI is InChI=1S/C14H15N3O8/c1-7(18)24-10-3-9(6-23-14(21)22-2)25-12(10)17-5-8(4-15)11(19)16-13(17)20/h5,9-10,12H,3,6H2,1-2H3,(H,16,19,20)/t9-,10+,12+/m0/s1. The van der Waals surface area contributed by atoms with Crippen molar-refractivity contribution in [2.75, 3.05) is 13.7 Å². The maximum Gasteiger partial charge on any atom is 0.508 e. The first-order chi connectivity index (χ1) is 11.8. The van der Waals surface area contributed by atoms with Crippen LogP contribution in [-0.4, -0.2) is 47.6 Å². The van der Waals surface area contributed by atoms with Gasteiger partial charge in [-0.1, -0.05) is 0 Å². The molecule has 1 saturated heterocycles. The Morgan fingerprint density at radius 1 is 1.48 bits per heavy atom. The van der Waals surface area contributed by atoms with E-state index in [0.29, 0.717) is 0 Å². The smallest absolute Gasteiger partial charge is 0.458 e. The zero-order valence-corrected chi connectivity index (χ0v) is 13.4. The van der Waals surface area contributed by atoms with E-state index in [1.165, 1.54) is 6.92 Å². The molecule has 2 rings (SSSR count). The van der Waals surface area contributed by atoms with Crippen LogP contribution in [0, 0.1) is 11.3 Å². The van der Waals surface area contributed by atoms with Crippen molar-refractivity contribution in [1.29, 1.82) is 5.26 Å². The van der Waals surface area contributed by atoms with E-state index in [1.54, 1.807) is 6.07 Å². The summed E-state index contributed by atoms with van der Waals surface area (Å²) in [5.41, 5.74) is -1.98. The lowest BCUT2D eigenvalue weighted by Crippen LogP contribution is -2.37. The number of rotatable bonds is 4. The van der Waals surface area contributed by atoms with Gasteiger partial charge in [-0.15, -0.1) is 0 Å². The zero-order valence-electron chi connectivity index (χ0n) is 13.4. The van der Waals surface area contributed by atoms with E-state index < -0.39 is 41.8 Å². The summed E-state index contributed by atoms with van der Waals surface area (Å²) in [4.78, 5) is 47.8. The summed E-state index contributed by atoms with van der Waals surface area (Å²) < 4.78 is 20.8. The van der Waals surface area contributed by atoms with Crippen LogP contribution in [0.25, 0.3) is 0 Å². The number of hydrogen-bond acceptors (Lipinski definition) is 9. The second-order valence-electron chi connectivity index (χ2n) is 5.12. The Kier molecular flexibility index (Phi) is 5.56. The van der Waals surface area contributed by atoms with E-state index in [2.05, 4.69) is 4.74 Å². The van der Waals surface area contributed by atoms with Crippen molar-refractivity contribution in [1.82, 2.24) is 9.55 Å². The summed E-state index contributed by atoms with van der Waals surface area (Å²) in [6.45, 7) is 0.996. The first-order valence-corrected chi connectivity index (χ1v) is 7.14. The number of methoxy groups -OCH3 is 1. The Hall–Kier alpha value is -3.13. The van der Waals surface area contributed by atoms with Gasteiger partial charge >= 0.3 is 17.8 Å². The van der Waals surface area contributed by atoms with Crippen LogP contribution >= 0.6 is 0 Å². The molecule has 25 heavy (non-hydrogen) atoms. The quantitative estimate of drug-likeness (QED) is 0.700. The van der Waals surface area contributed by atoms with E-state index in [9.17, 15) is 19.2 Å². The molecule has 0 aliphatic carbocycles. The Balaban J connectivity index is 2.28. The van der Waals surface area contributed by atoms with Crippen LogP contribution in [0.4, 0.5) is 4.79 Å². The van der Waals surface area contributed by atoms with Gasteiger partial charge < -0.3 is 18.9 Å². The van der Waals surface area contributed by atoms with Gasteiger partial charge in [-0.2, -0.15) is 5.26 Å². The van der Waals surface area contributed by atoms with Crippen molar-refractivity contribution >= 4 is 12.1 Å². The average Bonchev–Trinajstić information content (AvgIpc) is 2.94. The molecule has 11 nitrogen and oxygen atoms in total. The number of aromatic nitrogens is 2. The number of nitrogens with one attached hydrogen (secondary N) is 1. The minimum atomic E-state index is -1.09. The number of ether oxygens (including phenoxy) is 4. The fourth-order valence-electron chi connectivity index (χ4n) is 2.36. The third-order valence-electron chi connectivity index (χ3n) is 3.38. The van der Waals surface area contributed by atoms with Crippen molar-refractivity contribution < 1.29 is 28.5 Å². The number of esters is 1. The van der Waals surface area contributed by atoms with Gasteiger partial charge in [0.1, 0.15) is 24.3 Å². The second-order valence-corrected chi connectivity index (χ2v) is 5.12. The van der Waals surface area contributed by atoms with Crippen molar-refractivity contribution in [2.24, 2.45) is 0 Å².